The lowest BCUT2D eigenvalue weighted by molar-refractivity contribution is 1.16. The quantitative estimate of drug-likeness (QED) is 0.554. The molecule has 0 unspecified atom stereocenters. The van der Waals surface area contributed by atoms with Gasteiger partial charge in [-0.2, -0.15) is 0 Å². The smallest absolute Gasteiger partial charge is 0.192 e. The van der Waals surface area contributed by atoms with Gasteiger partial charge in [0.2, 0.25) is 0 Å². The van der Waals surface area contributed by atoms with Gasteiger partial charge in [-0.25, -0.2) is 0 Å². The van der Waals surface area contributed by atoms with E-state index in [2.05, 4.69) is 0 Å². The molecule has 0 saturated carbocycles. The predicted octanol–water partition coefficient (Wildman–Crippen LogP) is 2.05. The Labute approximate surface area is 90.8 Å². The van der Waals surface area contributed by atoms with Crippen LogP contribution < -0.4 is 10.6 Å². The molecule has 3 N–H and O–H groups in total. The Morgan fingerprint density at radius 1 is 1.29 bits per heavy atom. The minimum atomic E-state index is 0. The average Bonchev–Trinajstić information content (AvgIpc) is 2.03. The maximum absolute atomic E-state index is 7.33. The van der Waals surface area contributed by atoms with Gasteiger partial charge >= 0.3 is 0 Å². The van der Waals surface area contributed by atoms with Crippen LogP contribution >= 0.6 is 12.4 Å². The molecule has 0 spiro atoms. The highest BCUT2D eigenvalue weighted by molar-refractivity contribution is 5.93. The van der Waals surface area contributed by atoms with E-state index in [0.29, 0.717) is 0 Å². The highest BCUT2D eigenvalue weighted by Crippen LogP contribution is 2.22. The van der Waals surface area contributed by atoms with Crippen LogP contribution in [0.25, 0.3) is 0 Å². The summed E-state index contributed by atoms with van der Waals surface area (Å²) in [5.41, 5.74) is 8.71. The van der Waals surface area contributed by atoms with Crippen molar-refractivity contribution in [3.8, 4) is 0 Å². The average molecular weight is 214 g/mol. The number of para-hydroxylation sites is 1. The van der Waals surface area contributed by atoms with Crippen LogP contribution in [0.4, 0.5) is 5.69 Å². The molecule has 78 valence electrons. The fraction of sp³-hybridized carbons (Fsp3) is 0.300. The third-order valence-corrected chi connectivity index (χ3v) is 2.14. The fourth-order valence-corrected chi connectivity index (χ4v) is 1.46. The summed E-state index contributed by atoms with van der Waals surface area (Å²) in [6, 6.07) is 6.03. The molecule has 0 aliphatic heterocycles. The molecule has 0 aliphatic carbocycles. The summed E-state index contributed by atoms with van der Waals surface area (Å²) in [5, 5.41) is 7.33. The zero-order valence-electron chi connectivity index (χ0n) is 8.66. The third kappa shape index (κ3) is 2.39. The van der Waals surface area contributed by atoms with E-state index in [0.717, 1.165) is 16.8 Å². The first-order valence-corrected chi connectivity index (χ1v) is 4.18. The molecule has 0 bridgehead atoms. The Kier molecular flexibility index (Phi) is 4.44. The van der Waals surface area contributed by atoms with E-state index in [9.17, 15) is 0 Å². The van der Waals surface area contributed by atoms with Gasteiger partial charge in [0.1, 0.15) is 0 Å². The number of nitrogens with zero attached hydrogens (tertiary/aromatic N) is 1. The van der Waals surface area contributed by atoms with Crippen molar-refractivity contribution in [2.24, 2.45) is 5.73 Å². The molecular formula is C10H16ClN3. The molecule has 0 atom stereocenters. The fourth-order valence-electron chi connectivity index (χ4n) is 1.46. The van der Waals surface area contributed by atoms with E-state index < -0.39 is 0 Å². The summed E-state index contributed by atoms with van der Waals surface area (Å²) in [7, 11) is 1.80. The molecule has 0 saturated heterocycles. The van der Waals surface area contributed by atoms with Crippen LogP contribution in [0, 0.1) is 19.3 Å². The van der Waals surface area contributed by atoms with Gasteiger partial charge in [0.25, 0.3) is 0 Å². The van der Waals surface area contributed by atoms with Crippen molar-refractivity contribution >= 4 is 24.1 Å². The number of anilines is 1. The van der Waals surface area contributed by atoms with Gasteiger partial charge in [-0.05, 0) is 25.0 Å². The Bertz CT molecular complexity index is 316. The Morgan fingerprint density at radius 2 is 1.71 bits per heavy atom. The van der Waals surface area contributed by atoms with Gasteiger partial charge < -0.3 is 10.6 Å². The largest absolute Gasteiger partial charge is 0.370 e. The van der Waals surface area contributed by atoms with Gasteiger partial charge in [-0.1, -0.05) is 18.2 Å². The van der Waals surface area contributed by atoms with Crippen LogP contribution in [-0.2, 0) is 0 Å². The normalized spacial score (nSPS) is 9.07. The molecule has 1 aromatic rings. The molecule has 0 fully saturated rings. The molecule has 14 heavy (non-hydrogen) atoms. The molecule has 3 nitrogen and oxygen atoms in total. The predicted molar refractivity (Wildman–Crippen MR) is 63.5 cm³/mol. The first-order chi connectivity index (χ1) is 6.04. The monoisotopic (exact) mass is 213 g/mol. The summed E-state index contributed by atoms with van der Waals surface area (Å²) in [4.78, 5) is 1.69. The third-order valence-electron chi connectivity index (χ3n) is 2.14. The van der Waals surface area contributed by atoms with E-state index in [1.54, 1.807) is 11.9 Å². The number of benzene rings is 1. The number of halogens is 1. The van der Waals surface area contributed by atoms with Crippen molar-refractivity contribution in [1.82, 2.24) is 0 Å². The van der Waals surface area contributed by atoms with Crippen LogP contribution in [-0.4, -0.2) is 13.0 Å². The standard InChI is InChI=1S/C10H15N3.ClH/c1-7-5-4-6-8(2)9(7)13(3)10(11)12;/h4-6H,1-3H3,(H3,11,12);1H. The number of rotatable bonds is 1. The van der Waals surface area contributed by atoms with Crippen LogP contribution in [0.5, 0.6) is 0 Å². The molecule has 0 aromatic heterocycles. The maximum Gasteiger partial charge on any atom is 0.192 e. The highest BCUT2D eigenvalue weighted by Gasteiger charge is 2.08. The van der Waals surface area contributed by atoms with Gasteiger partial charge in [-0.3, -0.25) is 5.41 Å². The van der Waals surface area contributed by atoms with Crippen LogP contribution in [0.2, 0.25) is 0 Å². The summed E-state index contributed by atoms with van der Waals surface area (Å²) in [5.74, 6) is 0.0670. The molecule has 1 aromatic carbocycles. The minimum Gasteiger partial charge on any atom is -0.370 e. The summed E-state index contributed by atoms with van der Waals surface area (Å²) in [6.45, 7) is 4.03. The van der Waals surface area contributed by atoms with Crippen molar-refractivity contribution < 1.29 is 0 Å². The second-order valence-corrected chi connectivity index (χ2v) is 3.18. The Morgan fingerprint density at radius 3 is 2.07 bits per heavy atom. The number of aryl methyl sites for hydroxylation is 2. The second-order valence-electron chi connectivity index (χ2n) is 3.18. The Balaban J connectivity index is 0.00000169. The topological polar surface area (TPSA) is 53.1 Å². The zero-order valence-corrected chi connectivity index (χ0v) is 9.48. The molecular weight excluding hydrogens is 198 g/mol. The van der Waals surface area contributed by atoms with Gasteiger partial charge in [0, 0.05) is 12.7 Å². The van der Waals surface area contributed by atoms with E-state index in [4.69, 9.17) is 11.1 Å². The van der Waals surface area contributed by atoms with Gasteiger partial charge in [0.05, 0.1) is 0 Å². The first-order valence-electron chi connectivity index (χ1n) is 4.18. The maximum atomic E-state index is 7.33. The molecule has 1 rings (SSSR count). The Hall–Kier alpha value is -1.22. The summed E-state index contributed by atoms with van der Waals surface area (Å²) < 4.78 is 0. The first kappa shape index (κ1) is 12.8. The number of hydrogen-bond donors (Lipinski definition) is 2. The van der Waals surface area contributed by atoms with E-state index in [1.807, 2.05) is 32.0 Å². The molecule has 0 aliphatic rings. The van der Waals surface area contributed by atoms with Crippen molar-refractivity contribution in [2.75, 3.05) is 11.9 Å². The lowest BCUT2D eigenvalue weighted by Crippen LogP contribution is -2.33. The van der Waals surface area contributed by atoms with E-state index in [-0.39, 0.29) is 18.4 Å². The minimum absolute atomic E-state index is 0. The number of nitrogens with one attached hydrogen (secondary N) is 1. The van der Waals surface area contributed by atoms with E-state index >= 15 is 0 Å². The van der Waals surface area contributed by atoms with Crippen LogP contribution in [0.1, 0.15) is 11.1 Å². The number of nitrogens with two attached hydrogens (primary N) is 1. The van der Waals surface area contributed by atoms with Crippen LogP contribution in [0.3, 0.4) is 0 Å². The van der Waals surface area contributed by atoms with Gasteiger partial charge in [0.15, 0.2) is 5.96 Å². The zero-order chi connectivity index (χ0) is 10.0. The summed E-state index contributed by atoms with van der Waals surface area (Å²) in [6.07, 6.45) is 0. The van der Waals surface area contributed by atoms with Crippen molar-refractivity contribution in [3.63, 3.8) is 0 Å². The molecule has 0 amide bonds. The lowest BCUT2D eigenvalue weighted by Gasteiger charge is -2.21. The molecule has 0 heterocycles. The number of guanidine groups is 1. The van der Waals surface area contributed by atoms with E-state index in [1.165, 1.54) is 0 Å². The molecule has 0 radical (unpaired) electrons. The SMILES string of the molecule is Cc1cccc(C)c1N(C)C(=N)N.Cl. The summed E-state index contributed by atoms with van der Waals surface area (Å²) >= 11 is 0. The second kappa shape index (κ2) is 4.86. The lowest BCUT2D eigenvalue weighted by atomic mass is 10.1. The van der Waals surface area contributed by atoms with Crippen molar-refractivity contribution in [3.05, 3.63) is 29.3 Å². The van der Waals surface area contributed by atoms with Crippen molar-refractivity contribution in [2.45, 2.75) is 13.8 Å². The number of hydrogen-bond acceptors (Lipinski definition) is 1. The highest BCUT2D eigenvalue weighted by atomic mass is 35.5. The van der Waals surface area contributed by atoms with Gasteiger partial charge in [-0.15, -0.1) is 12.4 Å². The molecule has 4 heteroatoms. The van der Waals surface area contributed by atoms with Crippen molar-refractivity contribution in [1.29, 1.82) is 5.41 Å². The van der Waals surface area contributed by atoms with Crippen LogP contribution in [0.15, 0.2) is 18.2 Å².